The van der Waals surface area contributed by atoms with Crippen LogP contribution in [0, 0.1) is 11.8 Å². The first kappa shape index (κ1) is 17.3. The summed E-state index contributed by atoms with van der Waals surface area (Å²) in [5.41, 5.74) is 1.85. The van der Waals surface area contributed by atoms with Crippen LogP contribution in [0.1, 0.15) is 25.7 Å². The number of Topliss-reactive ketones (excluding diaryl/α,β-unsaturated/α-hetero) is 1. The summed E-state index contributed by atoms with van der Waals surface area (Å²) < 4.78 is 8.85. The van der Waals surface area contributed by atoms with Crippen LogP contribution in [0.3, 0.4) is 0 Å². The van der Waals surface area contributed by atoms with Crippen LogP contribution in [0.2, 0.25) is 0 Å². The van der Waals surface area contributed by atoms with E-state index in [9.17, 15) is 9.59 Å². The van der Waals surface area contributed by atoms with Crippen molar-refractivity contribution in [3.8, 4) is 5.75 Å². The topological polar surface area (TPSA) is 53.2 Å². The second-order valence-electron chi connectivity index (χ2n) is 6.62. The number of ketones is 1. The zero-order valence-electron chi connectivity index (χ0n) is 14.1. The monoisotopic (exact) mass is 394 g/mol. The highest BCUT2D eigenvalue weighted by Crippen LogP contribution is 2.31. The molecule has 0 spiro atoms. The fourth-order valence-corrected chi connectivity index (χ4v) is 4.19. The molecule has 6 heteroatoms. The Hall–Kier alpha value is -1.56. The van der Waals surface area contributed by atoms with Gasteiger partial charge in [-0.15, -0.1) is 0 Å². The number of hydrogen-bond donors (Lipinski definition) is 0. The van der Waals surface area contributed by atoms with Gasteiger partial charge >= 0.3 is 5.69 Å². The van der Waals surface area contributed by atoms with E-state index in [1.165, 1.54) is 0 Å². The number of hydrogen-bond acceptors (Lipinski definition) is 3. The van der Waals surface area contributed by atoms with Crippen molar-refractivity contribution in [2.24, 2.45) is 18.9 Å². The smallest absolute Gasteiger partial charge is 0.328 e. The molecule has 1 aliphatic carbocycles. The molecule has 1 heterocycles. The molecule has 1 aromatic carbocycles. The summed E-state index contributed by atoms with van der Waals surface area (Å²) >= 11 is 3.26. The van der Waals surface area contributed by atoms with Crippen molar-refractivity contribution in [2.75, 3.05) is 12.4 Å². The van der Waals surface area contributed by atoms with Crippen LogP contribution in [-0.2, 0) is 18.4 Å². The Balaban J connectivity index is 1.82. The first-order chi connectivity index (χ1) is 11.5. The largest absolute Gasteiger partial charge is 0.497 e. The summed E-state index contributed by atoms with van der Waals surface area (Å²) in [6.07, 6.45) is 3.85. The number of aromatic nitrogens is 2. The lowest BCUT2D eigenvalue weighted by Crippen LogP contribution is -2.29. The fourth-order valence-electron chi connectivity index (χ4n) is 3.73. The first-order valence-corrected chi connectivity index (χ1v) is 9.49. The summed E-state index contributed by atoms with van der Waals surface area (Å²) in [4.78, 5) is 24.4. The van der Waals surface area contributed by atoms with Crippen LogP contribution in [0.25, 0.3) is 11.0 Å². The van der Waals surface area contributed by atoms with Crippen LogP contribution >= 0.6 is 15.9 Å². The summed E-state index contributed by atoms with van der Waals surface area (Å²) in [6.45, 7) is 0.707. The van der Waals surface area contributed by atoms with Gasteiger partial charge in [0.1, 0.15) is 11.5 Å². The lowest BCUT2D eigenvalue weighted by molar-refractivity contribution is -0.121. The van der Waals surface area contributed by atoms with E-state index in [0.29, 0.717) is 23.6 Å². The molecule has 1 aliphatic rings. The molecule has 0 aliphatic heterocycles. The van der Waals surface area contributed by atoms with Gasteiger partial charge in [-0.25, -0.2) is 4.79 Å². The van der Waals surface area contributed by atoms with Gasteiger partial charge in [0, 0.05) is 25.6 Å². The van der Waals surface area contributed by atoms with Crippen molar-refractivity contribution in [3.63, 3.8) is 0 Å². The summed E-state index contributed by atoms with van der Waals surface area (Å²) in [6, 6.07) is 5.73. The molecule has 1 fully saturated rings. The van der Waals surface area contributed by atoms with Gasteiger partial charge in [-0.3, -0.25) is 13.9 Å². The molecule has 0 amide bonds. The SMILES string of the molecule is COc1ccc2c(c1)n(CC1CCC(C(=O)CBr)CC1)c(=O)n2C. The van der Waals surface area contributed by atoms with E-state index in [1.807, 2.05) is 22.8 Å². The molecule has 5 nitrogen and oxygen atoms in total. The first-order valence-electron chi connectivity index (χ1n) is 8.37. The van der Waals surface area contributed by atoms with Crippen LogP contribution < -0.4 is 10.4 Å². The van der Waals surface area contributed by atoms with E-state index in [2.05, 4.69) is 15.9 Å². The number of fused-ring (bicyclic) bond motifs is 1. The molecule has 3 rings (SSSR count). The number of carbonyl (C=O) groups is 1. The standard InChI is InChI=1S/C18H23BrN2O3/c1-20-15-8-7-14(24-2)9-16(15)21(18(20)23)11-12-3-5-13(6-4-12)17(22)10-19/h7-9,12-13H,3-6,10-11H2,1-2H3. The van der Waals surface area contributed by atoms with Crippen molar-refractivity contribution in [1.82, 2.24) is 9.13 Å². The third-order valence-corrected chi connectivity index (χ3v) is 5.78. The number of imidazole rings is 1. The molecular formula is C18H23BrN2O3. The number of aryl methyl sites for hydroxylation is 1. The predicted molar refractivity (Wildman–Crippen MR) is 98.0 cm³/mol. The van der Waals surface area contributed by atoms with Crippen LogP contribution in [0.5, 0.6) is 5.75 Å². The third-order valence-electron chi connectivity index (χ3n) is 5.23. The quantitative estimate of drug-likeness (QED) is 0.731. The van der Waals surface area contributed by atoms with Crippen molar-refractivity contribution in [3.05, 3.63) is 28.7 Å². The Labute approximate surface area is 149 Å². The predicted octanol–water partition coefficient (Wildman–Crippen LogP) is 3.12. The van der Waals surface area contributed by atoms with E-state index in [0.717, 1.165) is 42.5 Å². The van der Waals surface area contributed by atoms with Gasteiger partial charge in [0.15, 0.2) is 0 Å². The molecule has 0 N–H and O–H groups in total. The van der Waals surface area contributed by atoms with Gasteiger partial charge in [0.25, 0.3) is 0 Å². The molecular weight excluding hydrogens is 372 g/mol. The maximum absolute atomic E-state index is 12.6. The molecule has 2 aromatic rings. The van der Waals surface area contributed by atoms with Gasteiger partial charge in [0.05, 0.1) is 23.5 Å². The number of alkyl halides is 1. The minimum Gasteiger partial charge on any atom is -0.497 e. The van der Waals surface area contributed by atoms with E-state index < -0.39 is 0 Å². The normalized spacial score (nSPS) is 21.1. The van der Waals surface area contributed by atoms with E-state index in [4.69, 9.17) is 4.74 Å². The van der Waals surface area contributed by atoms with Crippen LogP contribution in [0.4, 0.5) is 0 Å². The molecule has 0 saturated heterocycles. The molecule has 130 valence electrons. The molecule has 0 radical (unpaired) electrons. The molecule has 24 heavy (non-hydrogen) atoms. The minimum atomic E-state index is 0.0110. The van der Waals surface area contributed by atoms with Crippen molar-refractivity contribution < 1.29 is 9.53 Å². The Kier molecular flexibility index (Phi) is 5.13. The van der Waals surface area contributed by atoms with Crippen molar-refractivity contribution in [1.29, 1.82) is 0 Å². The number of carbonyl (C=O) groups excluding carboxylic acids is 1. The van der Waals surface area contributed by atoms with Gasteiger partial charge in [-0.05, 0) is 43.7 Å². The highest BCUT2D eigenvalue weighted by atomic mass is 79.9. The second kappa shape index (κ2) is 7.13. The van der Waals surface area contributed by atoms with Crippen LogP contribution in [-0.4, -0.2) is 27.4 Å². The summed E-state index contributed by atoms with van der Waals surface area (Å²) in [7, 11) is 3.44. The van der Waals surface area contributed by atoms with Crippen LogP contribution in [0.15, 0.2) is 23.0 Å². The molecule has 0 unspecified atom stereocenters. The molecule has 0 atom stereocenters. The number of benzene rings is 1. The fraction of sp³-hybridized carbons (Fsp3) is 0.556. The second-order valence-corrected chi connectivity index (χ2v) is 7.19. The lowest BCUT2D eigenvalue weighted by atomic mass is 9.80. The molecule has 0 bridgehead atoms. The summed E-state index contributed by atoms with van der Waals surface area (Å²) in [5.74, 6) is 1.69. The van der Waals surface area contributed by atoms with Gasteiger partial charge < -0.3 is 4.74 Å². The molecule has 1 aromatic heterocycles. The zero-order chi connectivity index (χ0) is 17.3. The maximum atomic E-state index is 12.6. The minimum absolute atomic E-state index is 0.0110. The maximum Gasteiger partial charge on any atom is 0.328 e. The third kappa shape index (κ3) is 3.16. The molecule has 1 saturated carbocycles. The van der Waals surface area contributed by atoms with Crippen molar-refractivity contribution >= 4 is 32.7 Å². The van der Waals surface area contributed by atoms with E-state index >= 15 is 0 Å². The highest BCUT2D eigenvalue weighted by molar-refractivity contribution is 9.09. The number of halogens is 1. The number of rotatable bonds is 5. The van der Waals surface area contributed by atoms with E-state index in [1.54, 1.807) is 18.7 Å². The average molecular weight is 395 g/mol. The highest BCUT2D eigenvalue weighted by Gasteiger charge is 2.26. The Bertz CT molecular complexity index is 800. The number of ether oxygens (including phenoxy) is 1. The number of nitrogens with zero attached hydrogens (tertiary/aromatic N) is 2. The Morgan fingerprint density at radius 2 is 1.96 bits per heavy atom. The average Bonchev–Trinajstić information content (AvgIpc) is 2.86. The Morgan fingerprint density at radius 1 is 1.25 bits per heavy atom. The van der Waals surface area contributed by atoms with Gasteiger partial charge in [-0.2, -0.15) is 0 Å². The van der Waals surface area contributed by atoms with Crippen molar-refractivity contribution in [2.45, 2.75) is 32.2 Å². The number of methoxy groups -OCH3 is 1. The summed E-state index contributed by atoms with van der Waals surface area (Å²) in [5, 5.41) is 0.449. The van der Waals surface area contributed by atoms with Gasteiger partial charge in [0.2, 0.25) is 0 Å². The Morgan fingerprint density at radius 3 is 2.58 bits per heavy atom. The van der Waals surface area contributed by atoms with E-state index in [-0.39, 0.29) is 11.6 Å². The lowest BCUT2D eigenvalue weighted by Gasteiger charge is -2.27. The zero-order valence-corrected chi connectivity index (χ0v) is 15.7. The van der Waals surface area contributed by atoms with Gasteiger partial charge in [-0.1, -0.05) is 15.9 Å².